The minimum atomic E-state index is -3.22. The number of carbonyl (C=O) groups is 1. The summed E-state index contributed by atoms with van der Waals surface area (Å²) in [6.07, 6.45) is 5.64. The predicted octanol–water partition coefficient (Wildman–Crippen LogP) is 1.55. The number of nitrogens with one attached hydrogen (secondary N) is 1. The van der Waals surface area contributed by atoms with Crippen molar-refractivity contribution >= 4 is 21.6 Å². The molecule has 1 heterocycles. The molecule has 0 saturated heterocycles. The monoisotopic (exact) mass is 331 g/mol. The second-order valence-corrected chi connectivity index (χ2v) is 7.66. The summed E-state index contributed by atoms with van der Waals surface area (Å²) in [4.78, 5) is 20.8. The van der Waals surface area contributed by atoms with E-state index in [9.17, 15) is 13.2 Å². The number of nitrogens with zero attached hydrogens (tertiary/aromatic N) is 2. The number of amides is 1. The van der Waals surface area contributed by atoms with Crippen LogP contribution in [0.4, 0.5) is 5.82 Å². The molecule has 1 aromatic carbocycles. The Labute approximate surface area is 134 Å². The first-order valence-corrected chi connectivity index (χ1v) is 9.24. The highest BCUT2D eigenvalue weighted by Crippen LogP contribution is 2.25. The average molecular weight is 331 g/mol. The normalized spacial score (nSPS) is 13.6. The molecule has 120 valence electrons. The minimum Gasteiger partial charge on any atom is -0.310 e. The summed E-state index contributed by atoms with van der Waals surface area (Å²) in [5.74, 6) is 0.412. The summed E-state index contributed by atoms with van der Waals surface area (Å²) >= 11 is 0. The number of anilines is 1. The Kier molecular flexibility index (Phi) is 4.12. The molecule has 0 aliphatic heterocycles. The lowest BCUT2D eigenvalue weighted by atomic mass is 10.1. The Bertz CT molecular complexity index is 845. The van der Waals surface area contributed by atoms with Crippen molar-refractivity contribution in [2.24, 2.45) is 0 Å². The number of hydrogen-bond donors (Lipinski definition) is 1. The topological polar surface area (TPSA) is 89.0 Å². The van der Waals surface area contributed by atoms with Gasteiger partial charge in [-0.3, -0.25) is 4.79 Å². The first-order valence-electron chi connectivity index (χ1n) is 7.35. The highest BCUT2D eigenvalue weighted by Gasteiger charge is 2.18. The van der Waals surface area contributed by atoms with Gasteiger partial charge in [0.25, 0.3) is 0 Å². The van der Waals surface area contributed by atoms with Gasteiger partial charge in [-0.05, 0) is 37.0 Å². The van der Waals surface area contributed by atoms with Gasteiger partial charge in [0.2, 0.25) is 5.91 Å². The third-order valence-corrected chi connectivity index (χ3v) is 4.98. The number of sulfone groups is 1. The molecule has 1 N–H and O–H groups in total. The van der Waals surface area contributed by atoms with E-state index in [-0.39, 0.29) is 17.2 Å². The smallest absolute Gasteiger partial charge is 0.229 e. The summed E-state index contributed by atoms with van der Waals surface area (Å²) in [5.41, 5.74) is 2.78. The lowest BCUT2D eigenvalue weighted by Gasteiger charge is -2.08. The largest absolute Gasteiger partial charge is 0.310 e. The van der Waals surface area contributed by atoms with Crippen LogP contribution >= 0.6 is 0 Å². The standard InChI is InChI=1S/C16H17N3O3S/c1-23(21,22)12-7-5-11(6-8-12)9-15(20)19-16-13-3-2-4-14(13)17-10-18-16/h5-8,10H,2-4,9H2,1H3,(H,17,18,19,20). The molecule has 0 radical (unpaired) electrons. The summed E-state index contributed by atoms with van der Waals surface area (Å²) < 4.78 is 22.8. The maximum Gasteiger partial charge on any atom is 0.229 e. The van der Waals surface area contributed by atoms with Crippen molar-refractivity contribution in [2.75, 3.05) is 11.6 Å². The fourth-order valence-corrected chi connectivity index (χ4v) is 3.31. The van der Waals surface area contributed by atoms with Crippen molar-refractivity contribution in [3.63, 3.8) is 0 Å². The molecule has 6 nitrogen and oxygen atoms in total. The van der Waals surface area contributed by atoms with Gasteiger partial charge in [0.1, 0.15) is 12.1 Å². The van der Waals surface area contributed by atoms with E-state index in [1.165, 1.54) is 18.5 Å². The number of carbonyl (C=O) groups excluding carboxylic acids is 1. The highest BCUT2D eigenvalue weighted by molar-refractivity contribution is 7.90. The van der Waals surface area contributed by atoms with Gasteiger partial charge in [-0.2, -0.15) is 0 Å². The zero-order chi connectivity index (χ0) is 16.4. The second-order valence-electron chi connectivity index (χ2n) is 5.64. The molecule has 1 aliphatic rings. The Hall–Kier alpha value is -2.28. The van der Waals surface area contributed by atoms with Crippen LogP contribution in [0, 0.1) is 0 Å². The summed E-state index contributed by atoms with van der Waals surface area (Å²) in [6.45, 7) is 0. The molecule has 0 atom stereocenters. The number of benzene rings is 1. The molecule has 2 aromatic rings. The minimum absolute atomic E-state index is 0.169. The third kappa shape index (κ3) is 3.56. The zero-order valence-electron chi connectivity index (χ0n) is 12.7. The van der Waals surface area contributed by atoms with Crippen molar-refractivity contribution in [1.29, 1.82) is 0 Å². The van der Waals surface area contributed by atoms with E-state index < -0.39 is 9.84 Å². The first-order chi connectivity index (χ1) is 10.9. The Morgan fingerprint density at radius 2 is 1.91 bits per heavy atom. The Balaban J connectivity index is 1.70. The van der Waals surface area contributed by atoms with Gasteiger partial charge in [0.05, 0.1) is 11.3 Å². The van der Waals surface area contributed by atoms with Crippen LogP contribution in [0.1, 0.15) is 23.2 Å². The van der Waals surface area contributed by atoms with Crippen LogP contribution in [0.2, 0.25) is 0 Å². The molecular weight excluding hydrogens is 314 g/mol. The summed E-state index contributed by atoms with van der Waals surface area (Å²) in [5, 5.41) is 2.83. The lowest BCUT2D eigenvalue weighted by Crippen LogP contribution is -2.17. The van der Waals surface area contributed by atoms with Crippen LogP contribution in [0.3, 0.4) is 0 Å². The number of fused-ring (bicyclic) bond motifs is 1. The average Bonchev–Trinajstić information content (AvgIpc) is 2.96. The van der Waals surface area contributed by atoms with Crippen molar-refractivity contribution in [3.05, 3.63) is 47.4 Å². The van der Waals surface area contributed by atoms with E-state index in [1.807, 2.05) is 0 Å². The van der Waals surface area contributed by atoms with Gasteiger partial charge >= 0.3 is 0 Å². The number of rotatable bonds is 4. The van der Waals surface area contributed by atoms with Crippen LogP contribution in [-0.4, -0.2) is 30.5 Å². The molecule has 0 unspecified atom stereocenters. The Morgan fingerprint density at radius 3 is 2.61 bits per heavy atom. The quantitative estimate of drug-likeness (QED) is 0.918. The molecule has 0 spiro atoms. The third-order valence-electron chi connectivity index (χ3n) is 3.85. The fraction of sp³-hybridized carbons (Fsp3) is 0.312. The number of aromatic nitrogens is 2. The van der Waals surface area contributed by atoms with Gasteiger partial charge in [0.15, 0.2) is 9.84 Å². The van der Waals surface area contributed by atoms with Crippen LogP contribution in [0.5, 0.6) is 0 Å². The predicted molar refractivity (Wildman–Crippen MR) is 85.9 cm³/mol. The van der Waals surface area contributed by atoms with Crippen molar-refractivity contribution in [3.8, 4) is 0 Å². The molecule has 3 rings (SSSR count). The van der Waals surface area contributed by atoms with Gasteiger partial charge in [-0.25, -0.2) is 18.4 Å². The van der Waals surface area contributed by atoms with E-state index in [4.69, 9.17) is 0 Å². The van der Waals surface area contributed by atoms with Gasteiger partial charge in [-0.1, -0.05) is 12.1 Å². The van der Waals surface area contributed by atoms with E-state index in [2.05, 4.69) is 15.3 Å². The number of hydrogen-bond acceptors (Lipinski definition) is 5. The molecule has 7 heteroatoms. The van der Waals surface area contributed by atoms with Crippen LogP contribution in [-0.2, 0) is 33.9 Å². The SMILES string of the molecule is CS(=O)(=O)c1ccc(CC(=O)Nc2ncnc3c2CCC3)cc1. The second kappa shape index (κ2) is 6.08. The van der Waals surface area contributed by atoms with E-state index in [0.717, 1.165) is 42.3 Å². The Morgan fingerprint density at radius 1 is 1.17 bits per heavy atom. The highest BCUT2D eigenvalue weighted by atomic mass is 32.2. The summed E-state index contributed by atoms with van der Waals surface area (Å²) in [6, 6.07) is 6.33. The molecule has 0 bridgehead atoms. The summed E-state index contributed by atoms with van der Waals surface area (Å²) in [7, 11) is -3.22. The lowest BCUT2D eigenvalue weighted by molar-refractivity contribution is -0.115. The molecular formula is C16H17N3O3S. The van der Waals surface area contributed by atoms with Crippen molar-refractivity contribution in [2.45, 2.75) is 30.6 Å². The fourth-order valence-electron chi connectivity index (χ4n) is 2.68. The van der Waals surface area contributed by atoms with Gasteiger partial charge in [0, 0.05) is 17.5 Å². The van der Waals surface area contributed by atoms with Gasteiger partial charge < -0.3 is 5.32 Å². The van der Waals surface area contributed by atoms with Crippen molar-refractivity contribution in [1.82, 2.24) is 9.97 Å². The molecule has 0 saturated carbocycles. The molecule has 23 heavy (non-hydrogen) atoms. The van der Waals surface area contributed by atoms with Crippen LogP contribution in [0.15, 0.2) is 35.5 Å². The molecule has 1 aromatic heterocycles. The van der Waals surface area contributed by atoms with Crippen LogP contribution in [0.25, 0.3) is 0 Å². The van der Waals surface area contributed by atoms with E-state index >= 15 is 0 Å². The van der Waals surface area contributed by atoms with Crippen LogP contribution < -0.4 is 5.32 Å². The van der Waals surface area contributed by atoms with Crippen molar-refractivity contribution < 1.29 is 13.2 Å². The van der Waals surface area contributed by atoms with Gasteiger partial charge in [-0.15, -0.1) is 0 Å². The van der Waals surface area contributed by atoms with E-state index in [1.54, 1.807) is 12.1 Å². The molecule has 1 amide bonds. The first kappa shape index (κ1) is 15.6. The molecule has 0 fully saturated rings. The maximum atomic E-state index is 12.2. The number of aryl methyl sites for hydroxylation is 1. The van der Waals surface area contributed by atoms with E-state index in [0.29, 0.717) is 5.82 Å². The maximum absolute atomic E-state index is 12.2. The zero-order valence-corrected chi connectivity index (χ0v) is 13.6. The molecule has 1 aliphatic carbocycles.